The molecule has 30 heavy (non-hydrogen) atoms. The molecule has 1 aromatic carbocycles. The average molecular weight is 527 g/mol. The van der Waals surface area contributed by atoms with E-state index in [1.165, 1.54) is 24.8 Å². The summed E-state index contributed by atoms with van der Waals surface area (Å²) in [6.07, 6.45) is 5.35. The number of ether oxygens (including phenoxy) is 1. The molecule has 3 rings (SSSR count). The Balaban J connectivity index is 0.00000320. The van der Waals surface area contributed by atoms with Gasteiger partial charge in [-0.05, 0) is 38.9 Å². The van der Waals surface area contributed by atoms with Gasteiger partial charge >= 0.3 is 0 Å². The van der Waals surface area contributed by atoms with E-state index in [-0.39, 0.29) is 30.0 Å². The molecule has 2 aromatic rings. The minimum Gasteiger partial charge on any atom is -0.496 e. The number of aliphatic imine (C=N–C) groups is 1. The highest BCUT2D eigenvalue weighted by molar-refractivity contribution is 14.0. The van der Waals surface area contributed by atoms with E-state index in [0.29, 0.717) is 6.54 Å². The Kier molecular flexibility index (Phi) is 10.4. The maximum absolute atomic E-state index is 5.66. The number of piperidine rings is 1. The summed E-state index contributed by atoms with van der Waals surface area (Å²) in [5.41, 5.74) is 1.22. The molecule has 0 bridgehead atoms. The van der Waals surface area contributed by atoms with Gasteiger partial charge in [-0.2, -0.15) is 5.10 Å². The van der Waals surface area contributed by atoms with Crippen molar-refractivity contribution in [3.05, 3.63) is 42.0 Å². The van der Waals surface area contributed by atoms with Crippen LogP contribution in [0.15, 0.2) is 35.6 Å². The molecule has 2 heterocycles. The van der Waals surface area contributed by atoms with E-state index in [2.05, 4.69) is 44.7 Å². The lowest BCUT2D eigenvalue weighted by Gasteiger charge is -2.35. The van der Waals surface area contributed by atoms with E-state index in [4.69, 9.17) is 9.73 Å². The topological polar surface area (TPSA) is 79.6 Å². The smallest absolute Gasteiger partial charge is 0.191 e. The number of aryl methyl sites for hydroxylation is 1. The molecular weight excluding hydrogens is 493 g/mol. The predicted molar refractivity (Wildman–Crippen MR) is 130 cm³/mol. The van der Waals surface area contributed by atoms with Gasteiger partial charge in [0.05, 0.1) is 13.2 Å². The van der Waals surface area contributed by atoms with Crippen LogP contribution in [0.2, 0.25) is 0 Å². The van der Waals surface area contributed by atoms with E-state index in [1.54, 1.807) is 18.1 Å². The molecule has 0 amide bonds. The first-order valence-electron chi connectivity index (χ1n) is 10.4. The first-order chi connectivity index (χ1) is 14.2. The Morgan fingerprint density at radius 3 is 2.63 bits per heavy atom. The summed E-state index contributed by atoms with van der Waals surface area (Å²) in [7, 11) is 3.62. The normalized spacial score (nSPS) is 15.9. The predicted octanol–water partition coefficient (Wildman–Crippen LogP) is 2.72. The molecule has 166 valence electrons. The maximum Gasteiger partial charge on any atom is 0.191 e. The van der Waals surface area contributed by atoms with Crippen molar-refractivity contribution in [2.24, 2.45) is 12.0 Å². The van der Waals surface area contributed by atoms with Crippen molar-refractivity contribution in [3.8, 4) is 5.75 Å². The lowest BCUT2D eigenvalue weighted by atomic mass is 10.0. The number of rotatable bonds is 8. The van der Waals surface area contributed by atoms with Gasteiger partial charge in [-0.25, -0.2) is 9.98 Å². The van der Waals surface area contributed by atoms with Gasteiger partial charge in [0, 0.05) is 25.7 Å². The van der Waals surface area contributed by atoms with Crippen LogP contribution in [0.1, 0.15) is 43.6 Å². The third-order valence-electron chi connectivity index (χ3n) is 5.32. The minimum atomic E-state index is 0. The van der Waals surface area contributed by atoms with Gasteiger partial charge < -0.3 is 15.4 Å². The van der Waals surface area contributed by atoms with Crippen molar-refractivity contribution in [2.45, 2.75) is 38.8 Å². The summed E-state index contributed by atoms with van der Waals surface area (Å²) >= 11 is 0. The number of likely N-dealkylation sites (tertiary alicyclic amines) is 1. The highest BCUT2D eigenvalue weighted by Gasteiger charge is 2.25. The van der Waals surface area contributed by atoms with E-state index in [9.17, 15) is 0 Å². The van der Waals surface area contributed by atoms with Gasteiger partial charge in [0.1, 0.15) is 24.4 Å². The number of para-hydroxylation sites is 1. The van der Waals surface area contributed by atoms with Crippen LogP contribution in [0.5, 0.6) is 5.75 Å². The number of nitrogens with zero attached hydrogens (tertiary/aromatic N) is 5. The van der Waals surface area contributed by atoms with E-state index in [0.717, 1.165) is 43.7 Å². The van der Waals surface area contributed by atoms with E-state index < -0.39 is 0 Å². The van der Waals surface area contributed by atoms with Crippen molar-refractivity contribution in [1.82, 2.24) is 30.3 Å². The fraction of sp³-hybridized carbons (Fsp3) is 0.571. The molecular formula is C21H34IN7O. The molecule has 0 radical (unpaired) electrons. The molecule has 1 atom stereocenters. The van der Waals surface area contributed by atoms with Crippen LogP contribution in [0, 0.1) is 0 Å². The zero-order valence-electron chi connectivity index (χ0n) is 18.2. The second-order valence-corrected chi connectivity index (χ2v) is 7.23. The van der Waals surface area contributed by atoms with Crippen LogP contribution < -0.4 is 15.4 Å². The number of hydrogen-bond donors (Lipinski definition) is 2. The summed E-state index contributed by atoms with van der Waals surface area (Å²) < 4.78 is 7.41. The van der Waals surface area contributed by atoms with Gasteiger partial charge in [-0.3, -0.25) is 9.58 Å². The highest BCUT2D eigenvalue weighted by Crippen LogP contribution is 2.30. The Morgan fingerprint density at radius 1 is 1.20 bits per heavy atom. The van der Waals surface area contributed by atoms with Crippen LogP contribution >= 0.6 is 24.0 Å². The zero-order valence-corrected chi connectivity index (χ0v) is 20.5. The van der Waals surface area contributed by atoms with Gasteiger partial charge in [0.15, 0.2) is 5.96 Å². The SMILES string of the molecule is CCNC(=NCc1ncnn1C)NCC(c1ccccc1OC)N1CCCCC1.I. The Morgan fingerprint density at radius 2 is 1.97 bits per heavy atom. The average Bonchev–Trinajstić information content (AvgIpc) is 3.18. The summed E-state index contributed by atoms with van der Waals surface area (Å²) in [6.45, 7) is 6.32. The number of aromatic nitrogens is 3. The summed E-state index contributed by atoms with van der Waals surface area (Å²) in [4.78, 5) is 11.5. The maximum atomic E-state index is 5.66. The van der Waals surface area contributed by atoms with Gasteiger partial charge in [0.2, 0.25) is 0 Å². The molecule has 1 fully saturated rings. The van der Waals surface area contributed by atoms with Crippen molar-refractivity contribution in [2.75, 3.05) is 33.3 Å². The van der Waals surface area contributed by atoms with Crippen LogP contribution in [0.25, 0.3) is 0 Å². The molecule has 1 aliphatic heterocycles. The molecule has 0 saturated carbocycles. The molecule has 0 spiro atoms. The van der Waals surface area contributed by atoms with Crippen LogP contribution in [0.3, 0.4) is 0 Å². The lowest BCUT2D eigenvalue weighted by molar-refractivity contribution is 0.161. The quantitative estimate of drug-likeness (QED) is 0.312. The molecule has 1 aromatic heterocycles. The van der Waals surface area contributed by atoms with Crippen molar-refractivity contribution < 1.29 is 4.74 Å². The Labute approximate surface area is 196 Å². The zero-order chi connectivity index (χ0) is 20.5. The number of methoxy groups -OCH3 is 1. The number of hydrogen-bond acceptors (Lipinski definition) is 5. The number of halogens is 1. The molecule has 2 N–H and O–H groups in total. The summed E-state index contributed by atoms with van der Waals surface area (Å²) in [5, 5.41) is 11.0. The summed E-state index contributed by atoms with van der Waals surface area (Å²) in [6, 6.07) is 8.55. The summed E-state index contributed by atoms with van der Waals surface area (Å²) in [5.74, 6) is 2.55. The van der Waals surface area contributed by atoms with Crippen molar-refractivity contribution in [3.63, 3.8) is 0 Å². The standard InChI is InChI=1S/C21H33N7O.HI/c1-4-22-21(24-15-20-25-16-26-27(20)2)23-14-18(28-12-8-5-9-13-28)17-10-6-7-11-19(17)29-3;/h6-7,10-11,16,18H,4-5,8-9,12-15H2,1-3H3,(H2,22,23,24);1H. The van der Waals surface area contributed by atoms with E-state index in [1.807, 2.05) is 19.2 Å². The molecule has 1 unspecified atom stereocenters. The van der Waals surface area contributed by atoms with Crippen LogP contribution in [-0.2, 0) is 13.6 Å². The second-order valence-electron chi connectivity index (χ2n) is 7.23. The van der Waals surface area contributed by atoms with Crippen LogP contribution in [0.4, 0.5) is 0 Å². The van der Waals surface area contributed by atoms with Crippen LogP contribution in [-0.4, -0.2) is 58.9 Å². The molecule has 9 heteroatoms. The minimum absolute atomic E-state index is 0. The third kappa shape index (κ3) is 6.56. The van der Waals surface area contributed by atoms with Crippen molar-refractivity contribution >= 4 is 29.9 Å². The van der Waals surface area contributed by atoms with E-state index >= 15 is 0 Å². The Hall–Kier alpha value is -1.88. The molecule has 1 aliphatic rings. The largest absolute Gasteiger partial charge is 0.496 e. The number of nitrogens with one attached hydrogen (secondary N) is 2. The number of benzene rings is 1. The Bertz CT molecular complexity index is 789. The van der Waals surface area contributed by atoms with Crippen molar-refractivity contribution in [1.29, 1.82) is 0 Å². The fourth-order valence-electron chi connectivity index (χ4n) is 3.76. The molecule has 1 saturated heterocycles. The first kappa shape index (κ1) is 24.4. The van der Waals surface area contributed by atoms with Gasteiger partial charge in [0.25, 0.3) is 0 Å². The molecule has 8 nitrogen and oxygen atoms in total. The fourth-order valence-corrected chi connectivity index (χ4v) is 3.76. The van der Waals surface area contributed by atoms with Gasteiger partial charge in [-0.15, -0.1) is 24.0 Å². The second kappa shape index (κ2) is 12.7. The third-order valence-corrected chi connectivity index (χ3v) is 5.32. The monoisotopic (exact) mass is 527 g/mol. The van der Waals surface area contributed by atoms with Gasteiger partial charge in [-0.1, -0.05) is 24.6 Å². The first-order valence-corrected chi connectivity index (χ1v) is 10.4. The molecule has 0 aliphatic carbocycles. The number of guanidine groups is 1. The lowest BCUT2D eigenvalue weighted by Crippen LogP contribution is -2.44. The highest BCUT2D eigenvalue weighted by atomic mass is 127.